The lowest BCUT2D eigenvalue weighted by Gasteiger charge is -1.94. The molecule has 1 heterocycles. The van der Waals surface area contributed by atoms with E-state index in [-0.39, 0.29) is 5.95 Å². The molecule has 1 aromatic heterocycles. The number of aromatic nitrogens is 2. The Balaban J connectivity index is 2.35. The summed E-state index contributed by atoms with van der Waals surface area (Å²) in [6.07, 6.45) is 3.66. The zero-order valence-corrected chi connectivity index (χ0v) is 4.92. The van der Waals surface area contributed by atoms with Crippen molar-refractivity contribution in [2.75, 3.05) is 0 Å². The van der Waals surface area contributed by atoms with Crippen LogP contribution in [0.25, 0.3) is 0 Å². The summed E-state index contributed by atoms with van der Waals surface area (Å²) in [6.45, 7) is 0. The lowest BCUT2D eigenvalue weighted by Crippen LogP contribution is -1.98. The van der Waals surface area contributed by atoms with Crippen molar-refractivity contribution in [2.24, 2.45) is 0 Å². The quantitative estimate of drug-likeness (QED) is 0.555. The van der Waals surface area contributed by atoms with Gasteiger partial charge in [-0.05, 0) is 12.8 Å². The van der Waals surface area contributed by atoms with Crippen LogP contribution in [0.1, 0.15) is 18.9 Å². The van der Waals surface area contributed by atoms with E-state index in [9.17, 15) is 4.39 Å². The van der Waals surface area contributed by atoms with E-state index in [0.29, 0.717) is 6.04 Å². The van der Waals surface area contributed by atoms with E-state index in [2.05, 4.69) is 5.10 Å². The second-order valence-corrected chi connectivity index (χ2v) is 2.33. The molecule has 1 fully saturated rings. The molecule has 0 unspecified atom stereocenters. The van der Waals surface area contributed by atoms with Crippen LogP contribution < -0.4 is 0 Å². The standard InChI is InChI=1S/C6H7FN2/c7-6-3-4-8-9(6)5-1-2-5/h3-5H,1-2H2. The van der Waals surface area contributed by atoms with E-state index < -0.39 is 0 Å². The highest BCUT2D eigenvalue weighted by Gasteiger charge is 2.25. The lowest BCUT2D eigenvalue weighted by atomic mass is 10.7. The SMILES string of the molecule is Fc1ccnn1C1CC1. The van der Waals surface area contributed by atoms with Crippen LogP contribution in [0, 0.1) is 5.95 Å². The Hall–Kier alpha value is -0.860. The molecule has 0 N–H and O–H groups in total. The third-order valence-corrected chi connectivity index (χ3v) is 1.51. The molecule has 2 rings (SSSR count). The molecule has 3 heteroatoms. The van der Waals surface area contributed by atoms with Gasteiger partial charge in [-0.2, -0.15) is 9.49 Å². The van der Waals surface area contributed by atoms with Crippen LogP contribution in [0.2, 0.25) is 0 Å². The fourth-order valence-electron chi connectivity index (χ4n) is 0.886. The van der Waals surface area contributed by atoms with E-state index in [1.165, 1.54) is 16.9 Å². The number of hydrogen-bond donors (Lipinski definition) is 0. The van der Waals surface area contributed by atoms with E-state index >= 15 is 0 Å². The first kappa shape index (κ1) is 4.97. The van der Waals surface area contributed by atoms with Crippen molar-refractivity contribution < 1.29 is 4.39 Å². The van der Waals surface area contributed by atoms with Gasteiger partial charge in [0.25, 0.3) is 0 Å². The number of halogens is 1. The topological polar surface area (TPSA) is 17.8 Å². The maximum Gasteiger partial charge on any atom is 0.211 e. The minimum Gasteiger partial charge on any atom is -0.237 e. The van der Waals surface area contributed by atoms with Crippen LogP contribution in [-0.4, -0.2) is 9.78 Å². The zero-order valence-electron chi connectivity index (χ0n) is 4.92. The van der Waals surface area contributed by atoms with Crippen LogP contribution >= 0.6 is 0 Å². The zero-order chi connectivity index (χ0) is 6.27. The Bertz CT molecular complexity index is 215. The van der Waals surface area contributed by atoms with Crippen LogP contribution in [0.15, 0.2) is 12.3 Å². The largest absolute Gasteiger partial charge is 0.237 e. The van der Waals surface area contributed by atoms with E-state index in [4.69, 9.17) is 0 Å². The molecule has 0 radical (unpaired) electrons. The molecule has 0 aromatic carbocycles. The third kappa shape index (κ3) is 0.724. The molecule has 0 atom stereocenters. The van der Waals surface area contributed by atoms with Crippen molar-refractivity contribution in [2.45, 2.75) is 18.9 Å². The van der Waals surface area contributed by atoms with Gasteiger partial charge in [0.2, 0.25) is 5.95 Å². The van der Waals surface area contributed by atoms with Gasteiger partial charge in [0.05, 0.1) is 12.2 Å². The second-order valence-electron chi connectivity index (χ2n) is 2.33. The number of hydrogen-bond acceptors (Lipinski definition) is 1. The van der Waals surface area contributed by atoms with Crippen molar-refractivity contribution in [3.05, 3.63) is 18.2 Å². The van der Waals surface area contributed by atoms with Gasteiger partial charge < -0.3 is 0 Å². The average Bonchev–Trinajstić information content (AvgIpc) is 2.58. The van der Waals surface area contributed by atoms with E-state index in [1.807, 2.05) is 0 Å². The molecule has 1 aliphatic rings. The molecule has 1 aromatic rings. The smallest absolute Gasteiger partial charge is 0.211 e. The fourth-order valence-corrected chi connectivity index (χ4v) is 0.886. The maximum absolute atomic E-state index is 12.5. The van der Waals surface area contributed by atoms with Crippen LogP contribution in [-0.2, 0) is 0 Å². The highest BCUT2D eigenvalue weighted by Crippen LogP contribution is 2.34. The Kier molecular flexibility index (Phi) is 0.860. The van der Waals surface area contributed by atoms with Crippen LogP contribution in [0.5, 0.6) is 0 Å². The summed E-state index contributed by atoms with van der Waals surface area (Å²) in [4.78, 5) is 0. The molecule has 0 saturated heterocycles. The molecular weight excluding hydrogens is 119 g/mol. The van der Waals surface area contributed by atoms with Crippen molar-refractivity contribution in [3.63, 3.8) is 0 Å². The van der Waals surface area contributed by atoms with Crippen molar-refractivity contribution in [1.82, 2.24) is 9.78 Å². The summed E-state index contributed by atoms with van der Waals surface area (Å²) < 4.78 is 14.0. The first-order valence-corrected chi connectivity index (χ1v) is 3.07. The minimum atomic E-state index is -0.211. The summed E-state index contributed by atoms with van der Waals surface area (Å²) in [5, 5.41) is 3.82. The summed E-state index contributed by atoms with van der Waals surface area (Å²) in [7, 11) is 0. The molecule has 9 heavy (non-hydrogen) atoms. The Morgan fingerprint density at radius 1 is 1.67 bits per heavy atom. The minimum absolute atomic E-state index is 0.211. The van der Waals surface area contributed by atoms with Gasteiger partial charge in [-0.3, -0.25) is 0 Å². The van der Waals surface area contributed by atoms with Gasteiger partial charge >= 0.3 is 0 Å². The first-order valence-electron chi connectivity index (χ1n) is 3.07. The molecule has 1 saturated carbocycles. The van der Waals surface area contributed by atoms with Crippen LogP contribution in [0.4, 0.5) is 4.39 Å². The highest BCUT2D eigenvalue weighted by atomic mass is 19.1. The monoisotopic (exact) mass is 126 g/mol. The Morgan fingerprint density at radius 3 is 2.89 bits per heavy atom. The summed E-state index contributed by atoms with van der Waals surface area (Å²) in [5.74, 6) is -0.211. The van der Waals surface area contributed by atoms with Gasteiger partial charge in [-0.25, -0.2) is 4.68 Å². The predicted molar refractivity (Wildman–Crippen MR) is 30.5 cm³/mol. The Morgan fingerprint density at radius 2 is 2.44 bits per heavy atom. The van der Waals surface area contributed by atoms with Crippen LogP contribution in [0.3, 0.4) is 0 Å². The summed E-state index contributed by atoms with van der Waals surface area (Å²) in [5.41, 5.74) is 0. The van der Waals surface area contributed by atoms with Gasteiger partial charge in [0, 0.05) is 6.07 Å². The third-order valence-electron chi connectivity index (χ3n) is 1.51. The van der Waals surface area contributed by atoms with Gasteiger partial charge in [-0.1, -0.05) is 0 Å². The fraction of sp³-hybridized carbons (Fsp3) is 0.500. The predicted octanol–water partition coefficient (Wildman–Crippen LogP) is 1.36. The molecule has 1 aliphatic carbocycles. The maximum atomic E-state index is 12.5. The molecule has 0 spiro atoms. The summed E-state index contributed by atoms with van der Waals surface area (Å²) >= 11 is 0. The normalized spacial score (nSPS) is 18.3. The van der Waals surface area contributed by atoms with Gasteiger partial charge in [0.1, 0.15) is 0 Å². The van der Waals surface area contributed by atoms with Gasteiger partial charge in [0.15, 0.2) is 0 Å². The second kappa shape index (κ2) is 1.56. The average molecular weight is 126 g/mol. The van der Waals surface area contributed by atoms with E-state index in [0.717, 1.165) is 12.8 Å². The molecule has 0 bridgehead atoms. The highest BCUT2D eigenvalue weighted by molar-refractivity contribution is 4.90. The molecule has 2 nitrogen and oxygen atoms in total. The van der Waals surface area contributed by atoms with Crippen molar-refractivity contribution >= 4 is 0 Å². The Labute approximate surface area is 52.3 Å². The molecule has 0 aliphatic heterocycles. The lowest BCUT2D eigenvalue weighted by molar-refractivity contribution is 0.463. The number of rotatable bonds is 1. The first-order chi connectivity index (χ1) is 4.38. The van der Waals surface area contributed by atoms with Crippen molar-refractivity contribution in [1.29, 1.82) is 0 Å². The van der Waals surface area contributed by atoms with Crippen molar-refractivity contribution in [3.8, 4) is 0 Å². The summed E-state index contributed by atoms with van der Waals surface area (Å²) in [6, 6.07) is 1.75. The molecule has 48 valence electrons. The molecular formula is C6H7FN2. The van der Waals surface area contributed by atoms with Gasteiger partial charge in [-0.15, -0.1) is 0 Å². The van der Waals surface area contributed by atoms with E-state index in [1.54, 1.807) is 0 Å². The molecule has 0 amide bonds. The number of nitrogens with zero attached hydrogens (tertiary/aromatic N) is 2.